The fourth-order valence-corrected chi connectivity index (χ4v) is 2.39. The molecule has 0 amide bonds. The molecule has 1 aliphatic rings. The summed E-state index contributed by atoms with van der Waals surface area (Å²) in [5, 5.41) is 3.44. The second kappa shape index (κ2) is 4.89. The van der Waals surface area contributed by atoms with Crippen LogP contribution in [0, 0.1) is 5.92 Å². The number of nitrogens with one attached hydrogen (secondary N) is 1. The number of rotatable bonds is 2. The molecule has 0 spiro atoms. The molecule has 76 valence electrons. The van der Waals surface area contributed by atoms with E-state index in [1.54, 1.807) is 0 Å². The number of nitrogens with zero attached hydrogens (tertiary/aromatic N) is 1. The van der Waals surface area contributed by atoms with Gasteiger partial charge in [-0.2, -0.15) is 0 Å². The van der Waals surface area contributed by atoms with Crippen LogP contribution >= 0.6 is 15.9 Å². The molecular weight excluding hydrogens is 240 g/mol. The van der Waals surface area contributed by atoms with Gasteiger partial charge in [0.2, 0.25) is 0 Å². The maximum Gasteiger partial charge on any atom is 0.0412 e. The average Bonchev–Trinajstić information content (AvgIpc) is 2.23. The Balaban J connectivity index is 1.99. The third-order valence-electron chi connectivity index (χ3n) is 2.76. The van der Waals surface area contributed by atoms with E-state index in [0.717, 1.165) is 23.4 Å². The van der Waals surface area contributed by atoms with Crippen LogP contribution in [0.1, 0.15) is 18.4 Å². The highest BCUT2D eigenvalue weighted by atomic mass is 79.9. The molecule has 1 N–H and O–H groups in total. The Bertz CT molecular complexity index is 295. The summed E-state index contributed by atoms with van der Waals surface area (Å²) in [6.45, 7) is 2.35. The zero-order valence-electron chi connectivity index (χ0n) is 8.17. The van der Waals surface area contributed by atoms with Gasteiger partial charge >= 0.3 is 0 Å². The van der Waals surface area contributed by atoms with Crippen LogP contribution in [0.2, 0.25) is 0 Å². The van der Waals surface area contributed by atoms with Gasteiger partial charge in [0.15, 0.2) is 0 Å². The smallest absolute Gasteiger partial charge is 0.0412 e. The molecule has 1 unspecified atom stereocenters. The predicted molar refractivity (Wildman–Crippen MR) is 61.2 cm³/mol. The van der Waals surface area contributed by atoms with Gasteiger partial charge in [-0.25, -0.2) is 0 Å². The van der Waals surface area contributed by atoms with Gasteiger partial charge in [0, 0.05) is 16.9 Å². The SMILES string of the molecule is Brc1cnccc1CC1CCCNC1. The van der Waals surface area contributed by atoms with E-state index in [0.29, 0.717) is 0 Å². The standard InChI is InChI=1S/C11H15BrN2/c12-11-8-14-5-3-10(11)6-9-2-1-4-13-7-9/h3,5,8-9,13H,1-2,4,6-7H2. The summed E-state index contributed by atoms with van der Waals surface area (Å²) >= 11 is 3.54. The number of hydrogen-bond donors (Lipinski definition) is 1. The Labute approximate surface area is 93.3 Å². The van der Waals surface area contributed by atoms with Crippen LogP contribution in [0.15, 0.2) is 22.9 Å². The van der Waals surface area contributed by atoms with Gasteiger partial charge in [0.05, 0.1) is 0 Å². The molecule has 1 aromatic heterocycles. The monoisotopic (exact) mass is 254 g/mol. The van der Waals surface area contributed by atoms with Crippen LogP contribution in [0.3, 0.4) is 0 Å². The third kappa shape index (κ3) is 2.55. The highest BCUT2D eigenvalue weighted by Gasteiger charge is 2.14. The van der Waals surface area contributed by atoms with E-state index < -0.39 is 0 Å². The molecule has 2 rings (SSSR count). The molecule has 1 atom stereocenters. The van der Waals surface area contributed by atoms with Crippen molar-refractivity contribution in [3.63, 3.8) is 0 Å². The van der Waals surface area contributed by atoms with E-state index in [4.69, 9.17) is 0 Å². The Hall–Kier alpha value is -0.410. The molecule has 14 heavy (non-hydrogen) atoms. The van der Waals surface area contributed by atoms with Crippen LogP contribution in [-0.2, 0) is 6.42 Å². The van der Waals surface area contributed by atoms with Crippen molar-refractivity contribution in [3.8, 4) is 0 Å². The second-order valence-electron chi connectivity index (χ2n) is 3.88. The normalized spacial score (nSPS) is 22.2. The molecule has 2 nitrogen and oxygen atoms in total. The average molecular weight is 255 g/mol. The Morgan fingerprint density at radius 2 is 2.50 bits per heavy atom. The van der Waals surface area contributed by atoms with Gasteiger partial charge in [-0.3, -0.25) is 4.98 Å². The number of aromatic nitrogens is 1. The van der Waals surface area contributed by atoms with E-state index in [1.807, 2.05) is 12.4 Å². The van der Waals surface area contributed by atoms with Crippen LogP contribution in [0.5, 0.6) is 0 Å². The lowest BCUT2D eigenvalue weighted by atomic mass is 9.93. The molecule has 0 aromatic carbocycles. The Kier molecular flexibility index (Phi) is 3.54. The lowest BCUT2D eigenvalue weighted by Crippen LogP contribution is -2.30. The number of pyridine rings is 1. The first-order chi connectivity index (χ1) is 6.86. The van der Waals surface area contributed by atoms with Crippen molar-refractivity contribution in [2.24, 2.45) is 5.92 Å². The van der Waals surface area contributed by atoms with Crippen molar-refractivity contribution < 1.29 is 0 Å². The molecule has 1 saturated heterocycles. The van der Waals surface area contributed by atoms with Crippen LogP contribution in [-0.4, -0.2) is 18.1 Å². The first-order valence-corrected chi connectivity index (χ1v) is 5.94. The Morgan fingerprint density at radius 3 is 3.21 bits per heavy atom. The van der Waals surface area contributed by atoms with E-state index >= 15 is 0 Å². The van der Waals surface area contributed by atoms with Crippen LogP contribution in [0.4, 0.5) is 0 Å². The second-order valence-corrected chi connectivity index (χ2v) is 4.74. The fraction of sp³-hybridized carbons (Fsp3) is 0.545. The highest BCUT2D eigenvalue weighted by Crippen LogP contribution is 2.21. The molecule has 3 heteroatoms. The van der Waals surface area contributed by atoms with E-state index in [1.165, 1.54) is 24.9 Å². The largest absolute Gasteiger partial charge is 0.316 e. The lowest BCUT2D eigenvalue weighted by molar-refractivity contribution is 0.375. The quantitative estimate of drug-likeness (QED) is 0.877. The van der Waals surface area contributed by atoms with E-state index in [9.17, 15) is 0 Å². The van der Waals surface area contributed by atoms with Crippen LogP contribution in [0.25, 0.3) is 0 Å². The minimum Gasteiger partial charge on any atom is -0.316 e. The molecule has 1 fully saturated rings. The summed E-state index contributed by atoms with van der Waals surface area (Å²) in [7, 11) is 0. The highest BCUT2D eigenvalue weighted by molar-refractivity contribution is 9.10. The van der Waals surface area contributed by atoms with Gasteiger partial charge in [0.1, 0.15) is 0 Å². The van der Waals surface area contributed by atoms with Gasteiger partial charge in [-0.15, -0.1) is 0 Å². The third-order valence-corrected chi connectivity index (χ3v) is 3.48. The molecule has 0 saturated carbocycles. The molecule has 2 heterocycles. The van der Waals surface area contributed by atoms with Gasteiger partial charge < -0.3 is 5.32 Å². The zero-order chi connectivity index (χ0) is 9.80. The van der Waals surface area contributed by atoms with E-state index in [-0.39, 0.29) is 0 Å². The van der Waals surface area contributed by atoms with Crippen molar-refractivity contribution in [1.82, 2.24) is 10.3 Å². The number of hydrogen-bond acceptors (Lipinski definition) is 2. The molecule has 0 bridgehead atoms. The number of halogens is 1. The summed E-state index contributed by atoms with van der Waals surface area (Å²) < 4.78 is 1.14. The van der Waals surface area contributed by atoms with Crippen molar-refractivity contribution in [3.05, 3.63) is 28.5 Å². The fourth-order valence-electron chi connectivity index (χ4n) is 1.98. The number of piperidine rings is 1. The molecule has 1 aliphatic heterocycles. The maximum atomic E-state index is 4.08. The first kappa shape index (κ1) is 10.1. The van der Waals surface area contributed by atoms with Crippen molar-refractivity contribution >= 4 is 15.9 Å². The summed E-state index contributed by atoms with van der Waals surface area (Å²) in [4.78, 5) is 4.08. The summed E-state index contributed by atoms with van der Waals surface area (Å²) in [6.07, 6.45) is 7.58. The molecule has 0 radical (unpaired) electrons. The van der Waals surface area contributed by atoms with Gasteiger partial charge in [-0.1, -0.05) is 0 Å². The summed E-state index contributed by atoms with van der Waals surface area (Å²) in [5.74, 6) is 0.794. The maximum absolute atomic E-state index is 4.08. The topological polar surface area (TPSA) is 24.9 Å². The van der Waals surface area contributed by atoms with Gasteiger partial charge in [0.25, 0.3) is 0 Å². The minimum atomic E-state index is 0.794. The minimum absolute atomic E-state index is 0.794. The summed E-state index contributed by atoms with van der Waals surface area (Å²) in [6, 6.07) is 2.11. The Morgan fingerprint density at radius 1 is 1.57 bits per heavy atom. The predicted octanol–water partition coefficient (Wildman–Crippen LogP) is 2.39. The first-order valence-electron chi connectivity index (χ1n) is 5.15. The van der Waals surface area contributed by atoms with Gasteiger partial charge in [-0.05, 0) is 65.8 Å². The zero-order valence-corrected chi connectivity index (χ0v) is 9.76. The molecular formula is C11H15BrN2. The molecule has 1 aromatic rings. The van der Waals surface area contributed by atoms with Crippen molar-refractivity contribution in [1.29, 1.82) is 0 Å². The van der Waals surface area contributed by atoms with Crippen LogP contribution < -0.4 is 5.32 Å². The molecule has 0 aliphatic carbocycles. The van der Waals surface area contributed by atoms with E-state index in [2.05, 4.69) is 32.3 Å². The van der Waals surface area contributed by atoms with Crippen molar-refractivity contribution in [2.75, 3.05) is 13.1 Å². The lowest BCUT2D eigenvalue weighted by Gasteiger charge is -2.22. The van der Waals surface area contributed by atoms with Crippen molar-refractivity contribution in [2.45, 2.75) is 19.3 Å². The summed E-state index contributed by atoms with van der Waals surface area (Å²) in [5.41, 5.74) is 1.38.